The van der Waals surface area contributed by atoms with E-state index in [1.165, 1.54) is 6.07 Å². The maximum Gasteiger partial charge on any atom is 0.227 e. The number of benzene rings is 1. The summed E-state index contributed by atoms with van der Waals surface area (Å²) < 4.78 is 13.4. The molecule has 1 saturated heterocycles. The van der Waals surface area contributed by atoms with Crippen LogP contribution in [0.4, 0.5) is 4.39 Å². The van der Waals surface area contributed by atoms with Crippen molar-refractivity contribution in [1.82, 2.24) is 4.90 Å². The van der Waals surface area contributed by atoms with Crippen LogP contribution in [0.3, 0.4) is 0 Å². The van der Waals surface area contributed by atoms with Gasteiger partial charge in [0.15, 0.2) is 0 Å². The van der Waals surface area contributed by atoms with E-state index in [-0.39, 0.29) is 30.0 Å². The summed E-state index contributed by atoms with van der Waals surface area (Å²) in [5.74, 6) is -1.03. The van der Waals surface area contributed by atoms with Gasteiger partial charge < -0.3 is 10.6 Å². The molecule has 1 fully saturated rings. The summed E-state index contributed by atoms with van der Waals surface area (Å²) in [4.78, 5) is 24.7. The highest BCUT2D eigenvalue weighted by Crippen LogP contribution is 2.20. The van der Waals surface area contributed by atoms with Crippen molar-refractivity contribution < 1.29 is 14.0 Å². The third-order valence-electron chi connectivity index (χ3n) is 3.28. The molecule has 2 N–H and O–H groups in total. The molecule has 6 heteroatoms. The van der Waals surface area contributed by atoms with Gasteiger partial charge in [-0.1, -0.05) is 6.07 Å². The molecule has 2 rings (SSSR count). The molecule has 1 aromatic rings. The van der Waals surface area contributed by atoms with Crippen LogP contribution < -0.4 is 5.73 Å². The molecule has 0 aromatic heterocycles. The Balaban J connectivity index is 1.98. The van der Waals surface area contributed by atoms with Crippen LogP contribution in [0.2, 0.25) is 0 Å². The molecule has 102 valence electrons. The quantitative estimate of drug-likeness (QED) is 0.913. The third-order valence-corrected chi connectivity index (χ3v) is 3.89. The first-order valence-corrected chi connectivity index (χ1v) is 6.77. The standard InChI is InChI=1S/C13H14BrFN2O2/c14-10-5-8(1-2-11(10)15)6-12(18)17-4-3-9(7-17)13(16)19/h1-2,5,9H,3-4,6-7H2,(H2,16,19). The Kier molecular flexibility index (Phi) is 4.19. The smallest absolute Gasteiger partial charge is 0.227 e. The number of carbonyl (C=O) groups is 2. The van der Waals surface area contributed by atoms with Gasteiger partial charge in [0.1, 0.15) is 5.82 Å². The second-order valence-electron chi connectivity index (χ2n) is 4.65. The van der Waals surface area contributed by atoms with Crippen molar-refractivity contribution in [3.05, 3.63) is 34.1 Å². The molecule has 0 radical (unpaired) electrons. The number of likely N-dealkylation sites (tertiary alicyclic amines) is 1. The Morgan fingerprint density at radius 3 is 2.79 bits per heavy atom. The van der Waals surface area contributed by atoms with Gasteiger partial charge >= 0.3 is 0 Å². The maximum absolute atomic E-state index is 13.1. The van der Waals surface area contributed by atoms with Gasteiger partial charge in [-0.3, -0.25) is 9.59 Å². The molecular formula is C13H14BrFN2O2. The zero-order valence-electron chi connectivity index (χ0n) is 10.2. The number of amides is 2. The molecule has 2 amide bonds. The first-order valence-electron chi connectivity index (χ1n) is 5.98. The molecule has 4 nitrogen and oxygen atoms in total. The fourth-order valence-corrected chi connectivity index (χ4v) is 2.58. The number of hydrogen-bond acceptors (Lipinski definition) is 2. The van der Waals surface area contributed by atoms with Gasteiger partial charge in [-0.2, -0.15) is 0 Å². The fraction of sp³-hybridized carbons (Fsp3) is 0.385. The van der Waals surface area contributed by atoms with Crippen LogP contribution >= 0.6 is 15.9 Å². The van der Waals surface area contributed by atoms with Gasteiger partial charge in [-0.15, -0.1) is 0 Å². The zero-order chi connectivity index (χ0) is 14.0. The molecule has 0 aliphatic carbocycles. The highest BCUT2D eigenvalue weighted by Gasteiger charge is 2.29. The minimum absolute atomic E-state index is 0.0674. The Labute approximate surface area is 118 Å². The molecule has 1 heterocycles. The van der Waals surface area contributed by atoms with E-state index in [9.17, 15) is 14.0 Å². The van der Waals surface area contributed by atoms with E-state index in [1.807, 2.05) is 0 Å². The summed E-state index contributed by atoms with van der Waals surface area (Å²) >= 11 is 3.09. The second-order valence-corrected chi connectivity index (χ2v) is 5.51. The van der Waals surface area contributed by atoms with Gasteiger partial charge in [0.2, 0.25) is 11.8 Å². The summed E-state index contributed by atoms with van der Waals surface area (Å²) in [7, 11) is 0. The average Bonchev–Trinajstić information content (AvgIpc) is 2.83. The number of nitrogens with two attached hydrogens (primary N) is 1. The lowest BCUT2D eigenvalue weighted by molar-refractivity contribution is -0.129. The average molecular weight is 329 g/mol. The van der Waals surface area contributed by atoms with Gasteiger partial charge in [-0.05, 0) is 40.0 Å². The normalized spacial score (nSPS) is 18.6. The number of halogens is 2. The summed E-state index contributed by atoms with van der Waals surface area (Å²) in [5.41, 5.74) is 5.96. The number of carbonyl (C=O) groups excluding carboxylic acids is 2. The van der Waals surface area contributed by atoms with Crippen molar-refractivity contribution in [3.8, 4) is 0 Å². The Hall–Kier alpha value is -1.43. The molecule has 0 saturated carbocycles. The van der Waals surface area contributed by atoms with Crippen LogP contribution in [0, 0.1) is 11.7 Å². The predicted molar refractivity (Wildman–Crippen MR) is 71.7 cm³/mol. The minimum Gasteiger partial charge on any atom is -0.369 e. The minimum atomic E-state index is -0.361. The van der Waals surface area contributed by atoms with Crippen molar-refractivity contribution in [2.45, 2.75) is 12.8 Å². The Morgan fingerprint density at radius 2 is 2.21 bits per heavy atom. The van der Waals surface area contributed by atoms with E-state index in [2.05, 4.69) is 15.9 Å². The lowest BCUT2D eigenvalue weighted by Gasteiger charge is -2.16. The SMILES string of the molecule is NC(=O)C1CCN(C(=O)Cc2ccc(F)c(Br)c2)C1. The first-order chi connectivity index (χ1) is 8.97. The molecule has 1 unspecified atom stereocenters. The maximum atomic E-state index is 13.1. The third kappa shape index (κ3) is 3.32. The van der Waals surface area contributed by atoms with Gasteiger partial charge in [0, 0.05) is 13.1 Å². The summed E-state index contributed by atoms with van der Waals surface area (Å²) in [6.45, 7) is 0.936. The molecule has 0 bridgehead atoms. The first kappa shape index (κ1) is 14.0. The summed E-state index contributed by atoms with van der Waals surface area (Å²) in [6, 6.07) is 4.50. The fourth-order valence-electron chi connectivity index (χ4n) is 2.16. The van der Waals surface area contributed by atoms with E-state index in [0.717, 1.165) is 5.56 Å². The van der Waals surface area contributed by atoms with Crippen molar-refractivity contribution in [2.24, 2.45) is 11.7 Å². The van der Waals surface area contributed by atoms with Gasteiger partial charge in [0.25, 0.3) is 0 Å². The summed E-state index contributed by atoms with van der Waals surface area (Å²) in [6.07, 6.45) is 0.818. The van der Waals surface area contributed by atoms with Crippen molar-refractivity contribution in [3.63, 3.8) is 0 Å². The Bertz CT molecular complexity index is 521. The number of primary amides is 1. The number of rotatable bonds is 3. The zero-order valence-corrected chi connectivity index (χ0v) is 11.8. The number of nitrogens with zero attached hydrogens (tertiary/aromatic N) is 1. The van der Waals surface area contributed by atoms with Gasteiger partial charge in [0.05, 0.1) is 16.8 Å². The van der Waals surface area contributed by atoms with Crippen molar-refractivity contribution >= 4 is 27.7 Å². The largest absolute Gasteiger partial charge is 0.369 e. The molecule has 19 heavy (non-hydrogen) atoms. The highest BCUT2D eigenvalue weighted by molar-refractivity contribution is 9.10. The van der Waals surface area contributed by atoms with E-state index < -0.39 is 0 Å². The van der Waals surface area contributed by atoms with E-state index in [4.69, 9.17) is 5.73 Å². The van der Waals surface area contributed by atoms with Crippen molar-refractivity contribution in [1.29, 1.82) is 0 Å². The lowest BCUT2D eigenvalue weighted by Crippen LogP contribution is -2.32. The van der Waals surface area contributed by atoms with Crippen LogP contribution in [0.5, 0.6) is 0 Å². The van der Waals surface area contributed by atoms with E-state index in [0.29, 0.717) is 24.0 Å². The molecular weight excluding hydrogens is 315 g/mol. The highest BCUT2D eigenvalue weighted by atomic mass is 79.9. The summed E-state index contributed by atoms with van der Waals surface area (Å²) in [5, 5.41) is 0. The Morgan fingerprint density at radius 1 is 1.47 bits per heavy atom. The molecule has 0 spiro atoms. The lowest BCUT2D eigenvalue weighted by atomic mass is 10.1. The van der Waals surface area contributed by atoms with Crippen LogP contribution in [-0.4, -0.2) is 29.8 Å². The van der Waals surface area contributed by atoms with Crippen molar-refractivity contribution in [2.75, 3.05) is 13.1 Å². The van der Waals surface area contributed by atoms with Crippen LogP contribution in [0.25, 0.3) is 0 Å². The van der Waals surface area contributed by atoms with E-state index in [1.54, 1.807) is 17.0 Å². The predicted octanol–water partition coefficient (Wildman–Crippen LogP) is 1.46. The van der Waals surface area contributed by atoms with Crippen LogP contribution in [0.1, 0.15) is 12.0 Å². The monoisotopic (exact) mass is 328 g/mol. The van der Waals surface area contributed by atoms with Crippen LogP contribution in [-0.2, 0) is 16.0 Å². The number of hydrogen-bond donors (Lipinski definition) is 1. The van der Waals surface area contributed by atoms with Gasteiger partial charge in [-0.25, -0.2) is 4.39 Å². The molecule has 1 aliphatic heterocycles. The molecule has 1 aromatic carbocycles. The van der Waals surface area contributed by atoms with E-state index >= 15 is 0 Å². The molecule has 1 atom stereocenters. The topological polar surface area (TPSA) is 63.4 Å². The van der Waals surface area contributed by atoms with Crippen LogP contribution in [0.15, 0.2) is 22.7 Å². The molecule has 1 aliphatic rings. The second kappa shape index (κ2) is 5.69.